The lowest BCUT2D eigenvalue weighted by Gasteiger charge is -2.19. The first-order valence-corrected chi connectivity index (χ1v) is 13.3. The topological polar surface area (TPSA) is 115 Å². The SMILES string of the molecule is CCCCCC(O)C=C[C@@H]1[C@@H](CC=CCCCC(=O)N(CC)S(C)(=O)=O)[C@@H](O)C[C@H]1O. The highest BCUT2D eigenvalue weighted by Gasteiger charge is 2.39. The molecule has 1 rings (SSSR count). The van der Waals surface area contributed by atoms with Crippen LogP contribution in [-0.4, -0.2) is 65.1 Å². The number of carbonyl (C=O) groups is 1. The van der Waals surface area contributed by atoms with Crippen LogP contribution in [0.1, 0.15) is 71.6 Å². The number of aliphatic hydroxyl groups is 3. The van der Waals surface area contributed by atoms with Gasteiger partial charge in [0.1, 0.15) is 0 Å². The number of hydrogen-bond acceptors (Lipinski definition) is 6. The van der Waals surface area contributed by atoms with Crippen LogP contribution in [0, 0.1) is 11.8 Å². The van der Waals surface area contributed by atoms with Crippen LogP contribution in [0.3, 0.4) is 0 Å². The molecule has 1 unspecified atom stereocenters. The normalized spacial score (nSPS) is 25.5. The summed E-state index contributed by atoms with van der Waals surface area (Å²) in [6.07, 6.45) is 12.9. The van der Waals surface area contributed by atoms with Crippen LogP contribution in [0.5, 0.6) is 0 Å². The number of hydrogen-bond donors (Lipinski definition) is 3. The molecule has 5 atom stereocenters. The zero-order chi connectivity index (χ0) is 23.4. The Kier molecular flexibility index (Phi) is 12.6. The van der Waals surface area contributed by atoms with Crippen LogP contribution in [0.25, 0.3) is 0 Å². The Morgan fingerprint density at radius 1 is 1.13 bits per heavy atom. The van der Waals surface area contributed by atoms with Gasteiger partial charge in [0.2, 0.25) is 15.9 Å². The summed E-state index contributed by atoms with van der Waals surface area (Å²) in [5.74, 6) is -0.710. The highest BCUT2D eigenvalue weighted by Crippen LogP contribution is 2.36. The Morgan fingerprint density at radius 3 is 2.45 bits per heavy atom. The third-order valence-corrected chi connectivity index (χ3v) is 7.14. The van der Waals surface area contributed by atoms with E-state index in [-0.39, 0.29) is 24.8 Å². The summed E-state index contributed by atoms with van der Waals surface area (Å²) in [5.41, 5.74) is 0. The van der Waals surface area contributed by atoms with Crippen molar-refractivity contribution in [2.24, 2.45) is 11.8 Å². The highest BCUT2D eigenvalue weighted by atomic mass is 32.2. The number of sulfonamides is 1. The molecule has 0 saturated heterocycles. The molecule has 180 valence electrons. The first-order chi connectivity index (χ1) is 14.6. The number of amides is 1. The Morgan fingerprint density at radius 2 is 1.84 bits per heavy atom. The molecule has 0 aromatic heterocycles. The number of nitrogens with zero attached hydrogens (tertiary/aromatic N) is 1. The van der Waals surface area contributed by atoms with E-state index in [1.54, 1.807) is 13.0 Å². The number of allylic oxidation sites excluding steroid dienone is 2. The van der Waals surface area contributed by atoms with Gasteiger partial charge in [0.05, 0.1) is 24.6 Å². The third-order valence-electron chi connectivity index (χ3n) is 5.88. The zero-order valence-electron chi connectivity index (χ0n) is 19.2. The van der Waals surface area contributed by atoms with E-state index in [1.807, 2.05) is 18.2 Å². The predicted molar refractivity (Wildman–Crippen MR) is 123 cm³/mol. The fourth-order valence-corrected chi connectivity index (χ4v) is 5.06. The molecule has 1 aliphatic rings. The second-order valence-corrected chi connectivity index (χ2v) is 10.4. The Labute approximate surface area is 187 Å². The van der Waals surface area contributed by atoms with Gasteiger partial charge >= 0.3 is 0 Å². The van der Waals surface area contributed by atoms with Gasteiger partial charge in [-0.15, -0.1) is 0 Å². The van der Waals surface area contributed by atoms with Crippen molar-refractivity contribution in [2.75, 3.05) is 12.8 Å². The molecule has 0 spiro atoms. The minimum Gasteiger partial charge on any atom is -0.393 e. The van der Waals surface area contributed by atoms with Crippen LogP contribution >= 0.6 is 0 Å². The Balaban J connectivity index is 2.48. The zero-order valence-corrected chi connectivity index (χ0v) is 20.0. The average molecular weight is 460 g/mol. The van der Waals surface area contributed by atoms with E-state index >= 15 is 0 Å². The van der Waals surface area contributed by atoms with Gasteiger partial charge in [-0.1, -0.05) is 50.5 Å². The quantitative estimate of drug-likeness (QED) is 0.272. The van der Waals surface area contributed by atoms with E-state index in [4.69, 9.17) is 0 Å². The first-order valence-electron chi connectivity index (χ1n) is 11.5. The van der Waals surface area contributed by atoms with E-state index < -0.39 is 34.2 Å². The number of carbonyl (C=O) groups excluding carboxylic acids is 1. The Hall–Kier alpha value is -1.22. The van der Waals surface area contributed by atoms with E-state index in [0.29, 0.717) is 32.1 Å². The molecule has 3 N–H and O–H groups in total. The van der Waals surface area contributed by atoms with Crippen molar-refractivity contribution >= 4 is 15.9 Å². The van der Waals surface area contributed by atoms with Crippen molar-refractivity contribution in [3.63, 3.8) is 0 Å². The standard InChI is InChI=1S/C23H41NO6S/c1-4-6-9-12-18(25)15-16-20-19(21(26)17-22(20)27)13-10-7-8-11-14-23(28)24(5-2)31(3,29)30/h7,10,15-16,18-22,25-27H,4-6,8-9,11-14,17H2,1-3H3/t18?,19-,20-,21+,22-/m1/s1. The molecule has 0 bridgehead atoms. The van der Waals surface area contributed by atoms with Crippen molar-refractivity contribution in [2.45, 2.75) is 89.9 Å². The maximum Gasteiger partial charge on any atom is 0.236 e. The average Bonchev–Trinajstić information content (AvgIpc) is 2.95. The van der Waals surface area contributed by atoms with Gasteiger partial charge in [0, 0.05) is 25.3 Å². The van der Waals surface area contributed by atoms with E-state index in [9.17, 15) is 28.5 Å². The number of aliphatic hydroxyl groups excluding tert-OH is 3. The maximum absolute atomic E-state index is 12.0. The van der Waals surface area contributed by atoms with Crippen LogP contribution in [-0.2, 0) is 14.8 Å². The molecule has 8 heteroatoms. The lowest BCUT2D eigenvalue weighted by molar-refractivity contribution is -0.126. The lowest BCUT2D eigenvalue weighted by Crippen LogP contribution is -2.35. The molecule has 0 aromatic rings. The summed E-state index contributed by atoms with van der Waals surface area (Å²) in [6.45, 7) is 3.89. The minimum atomic E-state index is -3.52. The van der Waals surface area contributed by atoms with Gasteiger partial charge in [-0.2, -0.15) is 0 Å². The van der Waals surface area contributed by atoms with Crippen molar-refractivity contribution in [1.29, 1.82) is 0 Å². The molecule has 1 amide bonds. The molecule has 0 heterocycles. The molecule has 0 aliphatic heterocycles. The summed E-state index contributed by atoms with van der Waals surface area (Å²) in [4.78, 5) is 12.0. The molecular weight excluding hydrogens is 418 g/mol. The minimum absolute atomic E-state index is 0.118. The van der Waals surface area contributed by atoms with Crippen LogP contribution in [0.2, 0.25) is 0 Å². The van der Waals surface area contributed by atoms with Gasteiger partial charge in [-0.3, -0.25) is 4.79 Å². The fraction of sp³-hybridized carbons (Fsp3) is 0.783. The van der Waals surface area contributed by atoms with Gasteiger partial charge < -0.3 is 15.3 Å². The molecule has 0 aromatic carbocycles. The first kappa shape index (κ1) is 27.8. The second kappa shape index (κ2) is 14.0. The summed E-state index contributed by atoms with van der Waals surface area (Å²) >= 11 is 0. The van der Waals surface area contributed by atoms with Crippen LogP contribution in [0.15, 0.2) is 24.3 Å². The molecule has 1 aliphatic carbocycles. The lowest BCUT2D eigenvalue weighted by atomic mass is 9.89. The molecule has 7 nitrogen and oxygen atoms in total. The van der Waals surface area contributed by atoms with Gasteiger partial charge in [0.25, 0.3) is 0 Å². The van der Waals surface area contributed by atoms with Gasteiger partial charge in [0.15, 0.2) is 0 Å². The molecular formula is C23H41NO6S. The van der Waals surface area contributed by atoms with Crippen molar-refractivity contribution in [3.8, 4) is 0 Å². The summed E-state index contributed by atoms with van der Waals surface area (Å²) in [7, 11) is -3.52. The number of rotatable bonds is 14. The van der Waals surface area contributed by atoms with Crippen LogP contribution < -0.4 is 0 Å². The molecule has 1 fully saturated rings. The van der Waals surface area contributed by atoms with E-state index in [2.05, 4.69) is 6.92 Å². The third kappa shape index (κ3) is 9.85. The second-order valence-electron chi connectivity index (χ2n) is 8.48. The summed E-state index contributed by atoms with van der Waals surface area (Å²) < 4.78 is 24.0. The highest BCUT2D eigenvalue weighted by molar-refractivity contribution is 7.88. The maximum atomic E-state index is 12.0. The summed E-state index contributed by atoms with van der Waals surface area (Å²) in [5, 5.41) is 30.7. The van der Waals surface area contributed by atoms with Crippen molar-refractivity contribution in [1.82, 2.24) is 4.31 Å². The van der Waals surface area contributed by atoms with E-state index in [1.165, 1.54) is 0 Å². The van der Waals surface area contributed by atoms with Crippen molar-refractivity contribution < 1.29 is 28.5 Å². The molecule has 31 heavy (non-hydrogen) atoms. The summed E-state index contributed by atoms with van der Waals surface area (Å²) in [6, 6.07) is 0. The van der Waals surface area contributed by atoms with Crippen LogP contribution in [0.4, 0.5) is 0 Å². The molecule has 1 saturated carbocycles. The fourth-order valence-electron chi connectivity index (χ4n) is 4.13. The van der Waals surface area contributed by atoms with E-state index in [0.717, 1.165) is 29.8 Å². The Bertz CT molecular complexity index is 690. The smallest absolute Gasteiger partial charge is 0.236 e. The monoisotopic (exact) mass is 459 g/mol. The van der Waals surface area contributed by atoms with Crippen molar-refractivity contribution in [3.05, 3.63) is 24.3 Å². The number of unbranched alkanes of at least 4 members (excludes halogenated alkanes) is 3. The molecule has 0 radical (unpaired) electrons. The largest absolute Gasteiger partial charge is 0.393 e. The predicted octanol–water partition coefficient (Wildman–Crippen LogP) is 2.77. The van der Waals surface area contributed by atoms with Gasteiger partial charge in [-0.05, 0) is 38.5 Å². The van der Waals surface area contributed by atoms with Gasteiger partial charge in [-0.25, -0.2) is 12.7 Å².